The first-order chi connectivity index (χ1) is 14.9. The second-order valence-electron chi connectivity index (χ2n) is 7.48. The van der Waals surface area contributed by atoms with Gasteiger partial charge < -0.3 is 30.0 Å². The molecule has 4 aromatic rings. The number of benzene rings is 2. The molecule has 0 saturated carbocycles. The molecule has 8 heteroatoms. The molecule has 2 aromatic heterocycles. The number of para-hydroxylation sites is 1. The number of pyridine rings is 1. The van der Waals surface area contributed by atoms with Gasteiger partial charge in [-0.25, -0.2) is 0 Å². The normalized spacial score (nSPS) is 13.4. The number of hydrogen-bond donors (Lipinski definition) is 5. The van der Waals surface area contributed by atoms with Crippen LogP contribution in [-0.2, 0) is 4.79 Å². The molecule has 8 nitrogen and oxygen atoms in total. The van der Waals surface area contributed by atoms with E-state index in [0.29, 0.717) is 17.0 Å². The molecule has 2 aromatic carbocycles. The standard InChI is InChI=1S/C23H22N2O6/c26-15(11-22(28)29)10-16(27)12-31-17-5-6-20-14(7-17)9-21(24-20)18-8-13-3-1-2-4-19(13)25-23(18)30/h1-9,15-16,24,26-27H,10-12H2,(H,25,30)(H,28,29)/t15-,16+/m1/s1. The van der Waals surface area contributed by atoms with Gasteiger partial charge in [0.05, 0.1) is 29.9 Å². The van der Waals surface area contributed by atoms with E-state index in [1.807, 2.05) is 42.5 Å². The maximum Gasteiger partial charge on any atom is 0.305 e. The van der Waals surface area contributed by atoms with Crippen LogP contribution in [0.25, 0.3) is 33.1 Å². The molecule has 160 valence electrons. The van der Waals surface area contributed by atoms with Gasteiger partial charge in [0, 0.05) is 22.8 Å². The van der Waals surface area contributed by atoms with Crippen LogP contribution in [0.4, 0.5) is 0 Å². The number of H-pyrrole nitrogens is 2. The number of aromatic nitrogens is 2. The summed E-state index contributed by atoms with van der Waals surface area (Å²) in [6, 6.07) is 16.6. The van der Waals surface area contributed by atoms with Crippen molar-refractivity contribution < 1.29 is 24.9 Å². The lowest BCUT2D eigenvalue weighted by atomic mass is 10.1. The average molecular weight is 422 g/mol. The van der Waals surface area contributed by atoms with Crippen molar-refractivity contribution in [2.75, 3.05) is 6.61 Å². The Kier molecular flexibility index (Phi) is 5.75. The van der Waals surface area contributed by atoms with Crippen LogP contribution in [0.3, 0.4) is 0 Å². The molecule has 0 saturated heterocycles. The van der Waals surface area contributed by atoms with E-state index in [9.17, 15) is 19.8 Å². The Morgan fingerprint density at radius 2 is 1.71 bits per heavy atom. The van der Waals surface area contributed by atoms with Crippen molar-refractivity contribution in [2.24, 2.45) is 0 Å². The molecule has 5 N–H and O–H groups in total. The van der Waals surface area contributed by atoms with Crippen LogP contribution in [0.2, 0.25) is 0 Å². The van der Waals surface area contributed by atoms with Crippen LogP contribution in [0.15, 0.2) is 59.4 Å². The van der Waals surface area contributed by atoms with E-state index < -0.39 is 24.6 Å². The van der Waals surface area contributed by atoms with Crippen molar-refractivity contribution in [1.82, 2.24) is 9.97 Å². The maximum absolute atomic E-state index is 12.5. The topological polar surface area (TPSA) is 136 Å². The van der Waals surface area contributed by atoms with E-state index in [0.717, 1.165) is 21.8 Å². The highest BCUT2D eigenvalue weighted by Crippen LogP contribution is 2.27. The number of carbonyl (C=O) groups is 1. The lowest BCUT2D eigenvalue weighted by Gasteiger charge is -2.15. The fraction of sp³-hybridized carbons (Fsp3) is 0.217. The fourth-order valence-corrected chi connectivity index (χ4v) is 3.55. The van der Waals surface area contributed by atoms with E-state index in [2.05, 4.69) is 9.97 Å². The van der Waals surface area contributed by atoms with Gasteiger partial charge in [-0.15, -0.1) is 0 Å². The molecular weight excluding hydrogens is 400 g/mol. The highest BCUT2D eigenvalue weighted by atomic mass is 16.5. The average Bonchev–Trinajstić information content (AvgIpc) is 3.14. The van der Waals surface area contributed by atoms with Gasteiger partial charge in [-0.3, -0.25) is 9.59 Å². The lowest BCUT2D eigenvalue weighted by molar-refractivity contribution is -0.139. The molecule has 0 radical (unpaired) electrons. The molecule has 2 heterocycles. The van der Waals surface area contributed by atoms with Gasteiger partial charge >= 0.3 is 5.97 Å². The van der Waals surface area contributed by atoms with Crippen molar-refractivity contribution in [2.45, 2.75) is 25.0 Å². The summed E-state index contributed by atoms with van der Waals surface area (Å²) >= 11 is 0. The van der Waals surface area contributed by atoms with Crippen molar-refractivity contribution in [3.05, 3.63) is 65.0 Å². The van der Waals surface area contributed by atoms with Crippen molar-refractivity contribution >= 4 is 27.8 Å². The molecule has 31 heavy (non-hydrogen) atoms. The first-order valence-electron chi connectivity index (χ1n) is 9.85. The molecule has 0 aliphatic heterocycles. The van der Waals surface area contributed by atoms with Gasteiger partial charge in [0.1, 0.15) is 12.4 Å². The van der Waals surface area contributed by atoms with Crippen LogP contribution in [0.5, 0.6) is 5.75 Å². The molecule has 2 atom stereocenters. The Morgan fingerprint density at radius 3 is 2.52 bits per heavy atom. The maximum atomic E-state index is 12.5. The number of fused-ring (bicyclic) bond motifs is 2. The molecule has 0 amide bonds. The minimum Gasteiger partial charge on any atom is -0.491 e. The quantitative estimate of drug-likeness (QED) is 0.296. The second-order valence-corrected chi connectivity index (χ2v) is 7.48. The number of hydrogen-bond acceptors (Lipinski definition) is 5. The van der Waals surface area contributed by atoms with Crippen LogP contribution in [0, 0.1) is 0 Å². The van der Waals surface area contributed by atoms with Crippen LogP contribution >= 0.6 is 0 Å². The van der Waals surface area contributed by atoms with Gasteiger partial charge in [0.15, 0.2) is 0 Å². The molecular formula is C23H22N2O6. The number of carboxylic acids is 1. The number of carboxylic acid groups (broad SMARTS) is 1. The second kappa shape index (κ2) is 8.63. The Hall–Kier alpha value is -3.62. The molecule has 0 spiro atoms. The Morgan fingerprint density at radius 1 is 0.935 bits per heavy atom. The molecule has 0 bridgehead atoms. The number of aliphatic hydroxyl groups is 2. The Labute approximate surface area is 176 Å². The first kappa shape index (κ1) is 20.6. The summed E-state index contributed by atoms with van der Waals surface area (Å²) in [5.74, 6) is -0.614. The minimum absolute atomic E-state index is 0.0796. The third-order valence-corrected chi connectivity index (χ3v) is 5.03. The third kappa shape index (κ3) is 4.76. The van der Waals surface area contributed by atoms with E-state index in [1.165, 1.54) is 0 Å². The summed E-state index contributed by atoms with van der Waals surface area (Å²) in [6.45, 7) is -0.0796. The highest BCUT2D eigenvalue weighted by molar-refractivity contribution is 5.89. The summed E-state index contributed by atoms with van der Waals surface area (Å²) in [5, 5.41) is 30.0. The molecule has 0 unspecified atom stereocenters. The molecule has 0 aliphatic carbocycles. The SMILES string of the molecule is O=C(O)C[C@H](O)C[C@H](O)COc1ccc2[nH]c(-c3cc4ccccc4[nH]c3=O)cc2c1. The van der Waals surface area contributed by atoms with Crippen LogP contribution in [-0.4, -0.2) is 50.1 Å². The molecule has 4 rings (SSSR count). The summed E-state index contributed by atoms with van der Waals surface area (Å²) in [5.41, 5.74) is 2.61. The predicted molar refractivity (Wildman–Crippen MR) is 116 cm³/mol. The highest BCUT2D eigenvalue weighted by Gasteiger charge is 2.16. The zero-order valence-electron chi connectivity index (χ0n) is 16.5. The largest absolute Gasteiger partial charge is 0.491 e. The van der Waals surface area contributed by atoms with Gasteiger partial charge in [0.25, 0.3) is 5.56 Å². The van der Waals surface area contributed by atoms with E-state index in [-0.39, 0.29) is 18.6 Å². The lowest BCUT2D eigenvalue weighted by Crippen LogP contribution is -2.25. The van der Waals surface area contributed by atoms with Crippen molar-refractivity contribution in [1.29, 1.82) is 0 Å². The summed E-state index contributed by atoms with van der Waals surface area (Å²) < 4.78 is 5.59. The van der Waals surface area contributed by atoms with Crippen LogP contribution < -0.4 is 10.3 Å². The predicted octanol–water partition coefficient (Wildman–Crippen LogP) is 2.64. The van der Waals surface area contributed by atoms with Gasteiger partial charge in [-0.1, -0.05) is 18.2 Å². The zero-order valence-corrected chi connectivity index (χ0v) is 16.5. The smallest absolute Gasteiger partial charge is 0.305 e. The number of aliphatic hydroxyl groups excluding tert-OH is 2. The van der Waals surface area contributed by atoms with Gasteiger partial charge in [-0.05, 0) is 41.8 Å². The number of nitrogens with one attached hydrogen (secondary N) is 2. The van der Waals surface area contributed by atoms with Crippen molar-refractivity contribution in [3.8, 4) is 17.0 Å². The van der Waals surface area contributed by atoms with E-state index in [4.69, 9.17) is 9.84 Å². The van der Waals surface area contributed by atoms with Crippen LogP contribution in [0.1, 0.15) is 12.8 Å². The molecule has 0 aliphatic rings. The summed E-state index contributed by atoms with van der Waals surface area (Å²) in [6.07, 6.45) is -2.65. The summed E-state index contributed by atoms with van der Waals surface area (Å²) in [4.78, 5) is 29.2. The number of ether oxygens (including phenoxy) is 1. The monoisotopic (exact) mass is 422 g/mol. The fourth-order valence-electron chi connectivity index (χ4n) is 3.55. The number of rotatable bonds is 8. The number of aromatic amines is 2. The minimum atomic E-state index is -1.13. The Bertz CT molecular complexity index is 1290. The van der Waals surface area contributed by atoms with Crippen molar-refractivity contribution in [3.63, 3.8) is 0 Å². The van der Waals surface area contributed by atoms with Gasteiger partial charge in [-0.2, -0.15) is 0 Å². The first-order valence-corrected chi connectivity index (χ1v) is 9.85. The van der Waals surface area contributed by atoms with E-state index >= 15 is 0 Å². The number of aliphatic carboxylic acids is 1. The van der Waals surface area contributed by atoms with E-state index in [1.54, 1.807) is 12.1 Å². The summed E-state index contributed by atoms with van der Waals surface area (Å²) in [7, 11) is 0. The molecule has 0 fully saturated rings. The third-order valence-electron chi connectivity index (χ3n) is 5.03. The zero-order chi connectivity index (χ0) is 22.0. The Balaban J connectivity index is 1.50. The van der Waals surface area contributed by atoms with Gasteiger partial charge in [0.2, 0.25) is 0 Å².